The summed E-state index contributed by atoms with van der Waals surface area (Å²) >= 11 is 0. The third-order valence-corrected chi connectivity index (χ3v) is 3.91. The Balaban J connectivity index is 4.02. The number of aliphatic carboxylic acids is 1. The van der Waals surface area contributed by atoms with Crippen molar-refractivity contribution in [1.29, 1.82) is 0 Å². The maximum absolute atomic E-state index is 10.4. The highest BCUT2D eigenvalue weighted by molar-refractivity contribution is 5.66. The van der Waals surface area contributed by atoms with E-state index < -0.39 is 17.9 Å². The Hall–Kier alpha value is -1.69. The molecule has 0 aromatic rings. The van der Waals surface area contributed by atoms with Crippen molar-refractivity contribution in [2.75, 3.05) is 0 Å². The highest BCUT2D eigenvalue weighted by atomic mass is 16.7. The fourth-order valence-electron chi connectivity index (χ4n) is 2.38. The monoisotopic (exact) mass is 366 g/mol. The molecule has 148 valence electrons. The number of carbonyl (C=O) groups is 1. The van der Waals surface area contributed by atoms with Gasteiger partial charge in [0.1, 0.15) is 0 Å². The predicted octanol–water partition coefficient (Wildman–Crippen LogP) is 4.07. The van der Waals surface area contributed by atoms with Gasteiger partial charge >= 0.3 is 5.97 Å². The zero-order valence-electron chi connectivity index (χ0n) is 15.8. The Labute approximate surface area is 157 Å². The van der Waals surface area contributed by atoms with Crippen LogP contribution in [-0.4, -0.2) is 32.4 Å². The number of hydrogen-bond acceptors (Lipinski definition) is 4. The van der Waals surface area contributed by atoms with E-state index in [0.717, 1.165) is 44.9 Å². The fourth-order valence-corrected chi connectivity index (χ4v) is 2.38. The molecule has 0 aliphatic rings. The lowest BCUT2D eigenvalue weighted by Gasteiger charge is -2.22. The Kier molecular flexibility index (Phi) is 14.5. The van der Waals surface area contributed by atoms with Crippen LogP contribution in [0.4, 0.5) is 0 Å². The number of aliphatic hydroxyl groups is 3. The number of allylic oxidation sites excluding steroid dienone is 7. The SMILES string of the molecule is CCCCCC(C=CC=CC=CC=CCCCCCC(=O)O)C(O)(O)O. The third-order valence-electron chi connectivity index (χ3n) is 3.91. The van der Waals surface area contributed by atoms with E-state index >= 15 is 0 Å². The molecule has 0 bridgehead atoms. The summed E-state index contributed by atoms with van der Waals surface area (Å²) in [6, 6.07) is 0. The van der Waals surface area contributed by atoms with Gasteiger partial charge < -0.3 is 20.4 Å². The summed E-state index contributed by atoms with van der Waals surface area (Å²) in [5.74, 6) is -4.12. The summed E-state index contributed by atoms with van der Waals surface area (Å²) in [4.78, 5) is 10.4. The molecule has 0 heterocycles. The van der Waals surface area contributed by atoms with Crippen LogP contribution in [0.25, 0.3) is 0 Å². The second kappa shape index (κ2) is 15.6. The smallest absolute Gasteiger partial charge is 0.303 e. The molecule has 5 nitrogen and oxygen atoms in total. The van der Waals surface area contributed by atoms with Crippen LogP contribution >= 0.6 is 0 Å². The van der Waals surface area contributed by atoms with Gasteiger partial charge in [0.05, 0.1) is 5.92 Å². The molecule has 0 saturated carbocycles. The summed E-state index contributed by atoms with van der Waals surface area (Å²) < 4.78 is 0. The standard InChI is InChI=1S/C21H34O5/c1-2-3-13-16-19(21(24,25)26)17-14-11-9-7-5-4-6-8-10-12-15-18-20(22)23/h4-7,9,11,14,17,19,24-26H,2-3,8,10,12-13,15-16,18H2,1H3,(H,22,23). The molecule has 26 heavy (non-hydrogen) atoms. The third kappa shape index (κ3) is 15.8. The largest absolute Gasteiger partial charge is 0.481 e. The minimum Gasteiger partial charge on any atom is -0.481 e. The maximum atomic E-state index is 10.4. The molecule has 0 radical (unpaired) electrons. The summed E-state index contributed by atoms with van der Waals surface area (Å²) in [7, 11) is 0. The van der Waals surface area contributed by atoms with E-state index in [9.17, 15) is 20.1 Å². The van der Waals surface area contributed by atoms with Crippen LogP contribution in [0.2, 0.25) is 0 Å². The van der Waals surface area contributed by atoms with Crippen molar-refractivity contribution < 1.29 is 25.2 Å². The number of hydrogen-bond donors (Lipinski definition) is 4. The van der Waals surface area contributed by atoms with Crippen LogP contribution in [0.1, 0.15) is 64.7 Å². The molecule has 0 aliphatic heterocycles. The van der Waals surface area contributed by atoms with Crippen molar-refractivity contribution in [3.8, 4) is 0 Å². The summed E-state index contributed by atoms with van der Waals surface area (Å²) in [6.07, 6.45) is 21.8. The van der Waals surface area contributed by atoms with Crippen molar-refractivity contribution in [2.45, 2.75) is 70.7 Å². The van der Waals surface area contributed by atoms with Gasteiger partial charge in [-0.25, -0.2) is 0 Å². The van der Waals surface area contributed by atoms with Crippen molar-refractivity contribution in [3.63, 3.8) is 0 Å². The first-order valence-corrected chi connectivity index (χ1v) is 9.43. The molecule has 5 heteroatoms. The lowest BCUT2D eigenvalue weighted by Crippen LogP contribution is -2.36. The molecular formula is C21H34O5. The zero-order chi connectivity index (χ0) is 19.7. The molecule has 0 rings (SSSR count). The maximum Gasteiger partial charge on any atom is 0.303 e. The average molecular weight is 366 g/mol. The fraction of sp³-hybridized carbons (Fsp3) is 0.571. The highest BCUT2D eigenvalue weighted by Gasteiger charge is 2.28. The molecule has 0 amide bonds. The number of carboxylic acids is 1. The van der Waals surface area contributed by atoms with Crippen LogP contribution in [0.3, 0.4) is 0 Å². The summed E-state index contributed by atoms with van der Waals surface area (Å²) in [5, 5.41) is 36.6. The van der Waals surface area contributed by atoms with Gasteiger partial charge in [0.2, 0.25) is 0 Å². The van der Waals surface area contributed by atoms with E-state index in [2.05, 4.69) is 6.92 Å². The van der Waals surface area contributed by atoms with Crippen molar-refractivity contribution in [2.24, 2.45) is 5.92 Å². The van der Waals surface area contributed by atoms with Gasteiger partial charge in [0.15, 0.2) is 0 Å². The lowest BCUT2D eigenvalue weighted by molar-refractivity contribution is -0.334. The zero-order valence-corrected chi connectivity index (χ0v) is 15.8. The van der Waals surface area contributed by atoms with Gasteiger partial charge in [-0.3, -0.25) is 4.79 Å². The van der Waals surface area contributed by atoms with Gasteiger partial charge in [-0.1, -0.05) is 81.2 Å². The van der Waals surface area contributed by atoms with Crippen molar-refractivity contribution >= 4 is 5.97 Å². The van der Waals surface area contributed by atoms with E-state index in [-0.39, 0.29) is 6.42 Å². The Bertz CT molecular complexity index is 469. The first kappa shape index (κ1) is 24.3. The second-order valence-electron chi connectivity index (χ2n) is 6.37. The molecule has 0 spiro atoms. The highest BCUT2D eigenvalue weighted by Crippen LogP contribution is 2.20. The summed E-state index contributed by atoms with van der Waals surface area (Å²) in [6.45, 7) is 2.07. The number of carboxylic acid groups (broad SMARTS) is 1. The molecular weight excluding hydrogens is 332 g/mol. The minimum absolute atomic E-state index is 0.241. The van der Waals surface area contributed by atoms with Crippen LogP contribution < -0.4 is 0 Å². The topological polar surface area (TPSA) is 98.0 Å². The van der Waals surface area contributed by atoms with E-state index in [1.54, 1.807) is 18.2 Å². The average Bonchev–Trinajstić information content (AvgIpc) is 2.56. The molecule has 0 aromatic heterocycles. The molecule has 1 atom stereocenters. The van der Waals surface area contributed by atoms with Crippen LogP contribution in [0.5, 0.6) is 0 Å². The quantitative estimate of drug-likeness (QED) is 0.199. The number of rotatable bonds is 15. The molecule has 0 fully saturated rings. The van der Waals surface area contributed by atoms with E-state index in [1.165, 1.54) is 0 Å². The second-order valence-corrected chi connectivity index (χ2v) is 6.37. The van der Waals surface area contributed by atoms with E-state index in [1.807, 2.05) is 30.4 Å². The Morgan fingerprint density at radius 1 is 0.885 bits per heavy atom. The van der Waals surface area contributed by atoms with Crippen LogP contribution in [0.15, 0.2) is 48.6 Å². The first-order chi connectivity index (χ1) is 12.4. The first-order valence-electron chi connectivity index (χ1n) is 9.43. The molecule has 1 unspecified atom stereocenters. The van der Waals surface area contributed by atoms with E-state index in [4.69, 9.17) is 5.11 Å². The predicted molar refractivity (Wildman–Crippen MR) is 104 cm³/mol. The molecule has 0 aliphatic carbocycles. The van der Waals surface area contributed by atoms with Gasteiger partial charge in [-0.15, -0.1) is 0 Å². The van der Waals surface area contributed by atoms with Gasteiger partial charge in [-0.2, -0.15) is 0 Å². The Morgan fingerprint density at radius 3 is 2.15 bits per heavy atom. The van der Waals surface area contributed by atoms with Gasteiger partial charge in [-0.05, 0) is 25.7 Å². The van der Waals surface area contributed by atoms with Crippen molar-refractivity contribution in [3.05, 3.63) is 48.6 Å². The van der Waals surface area contributed by atoms with Crippen LogP contribution in [-0.2, 0) is 4.79 Å². The van der Waals surface area contributed by atoms with Gasteiger partial charge in [0, 0.05) is 6.42 Å². The lowest BCUT2D eigenvalue weighted by atomic mass is 9.98. The molecule has 0 saturated heterocycles. The van der Waals surface area contributed by atoms with Gasteiger partial charge in [0.25, 0.3) is 5.97 Å². The number of unbranched alkanes of at least 4 members (excludes halogenated alkanes) is 5. The normalized spacial score (nSPS) is 14.3. The summed E-state index contributed by atoms with van der Waals surface area (Å²) in [5.41, 5.74) is 0. The molecule has 0 aromatic carbocycles. The van der Waals surface area contributed by atoms with Crippen LogP contribution in [0, 0.1) is 5.92 Å². The van der Waals surface area contributed by atoms with E-state index in [0.29, 0.717) is 6.42 Å². The molecule has 4 N–H and O–H groups in total. The van der Waals surface area contributed by atoms with Crippen molar-refractivity contribution in [1.82, 2.24) is 0 Å². The Morgan fingerprint density at radius 2 is 1.54 bits per heavy atom. The minimum atomic E-state index is -2.68.